The second-order valence-electron chi connectivity index (χ2n) is 5.33. The van der Waals surface area contributed by atoms with Crippen LogP contribution in [-0.2, 0) is 4.79 Å². The van der Waals surface area contributed by atoms with Gasteiger partial charge in [0.15, 0.2) is 0 Å². The molecule has 1 aliphatic heterocycles. The summed E-state index contributed by atoms with van der Waals surface area (Å²) in [6.07, 6.45) is 6.42. The number of carbonyl (C=O) groups excluding carboxylic acids is 1. The molecule has 0 aromatic rings. The highest BCUT2D eigenvalue weighted by atomic mass is 35.5. The summed E-state index contributed by atoms with van der Waals surface area (Å²) in [5, 5.41) is 6.49. The lowest BCUT2D eigenvalue weighted by molar-refractivity contribution is -0.122. The van der Waals surface area contributed by atoms with Gasteiger partial charge < -0.3 is 10.6 Å². The van der Waals surface area contributed by atoms with Crippen LogP contribution < -0.4 is 10.6 Å². The van der Waals surface area contributed by atoms with Crippen LogP contribution in [0.4, 0.5) is 0 Å². The fraction of sp³-hybridized carbons (Fsp3) is 0.929. The summed E-state index contributed by atoms with van der Waals surface area (Å²) in [4.78, 5) is 11.8. The van der Waals surface area contributed by atoms with Crippen LogP contribution in [0.25, 0.3) is 0 Å². The van der Waals surface area contributed by atoms with Gasteiger partial charge in [-0.15, -0.1) is 12.4 Å². The average molecular weight is 277 g/mol. The van der Waals surface area contributed by atoms with Crippen molar-refractivity contribution >= 4 is 18.3 Å². The van der Waals surface area contributed by atoms with Gasteiger partial charge >= 0.3 is 0 Å². The Balaban J connectivity index is 0.00000289. The molecule has 18 heavy (non-hydrogen) atoms. The van der Waals surface area contributed by atoms with E-state index in [1.807, 2.05) is 0 Å². The number of hydrogen-bond acceptors (Lipinski definition) is 2. The Kier molecular flexibility index (Phi) is 8.62. The maximum absolute atomic E-state index is 11.8. The lowest BCUT2D eigenvalue weighted by atomic mass is 9.80. The van der Waals surface area contributed by atoms with Gasteiger partial charge in [0.2, 0.25) is 5.91 Å². The van der Waals surface area contributed by atoms with E-state index in [1.165, 1.54) is 6.42 Å². The lowest BCUT2D eigenvalue weighted by Crippen LogP contribution is -2.39. The van der Waals surface area contributed by atoms with Crippen LogP contribution in [0.15, 0.2) is 0 Å². The third-order valence-corrected chi connectivity index (χ3v) is 4.50. The van der Waals surface area contributed by atoms with Gasteiger partial charge in [0.05, 0.1) is 0 Å². The van der Waals surface area contributed by atoms with Crippen molar-refractivity contribution in [3.05, 3.63) is 0 Å². The molecule has 1 heterocycles. The fourth-order valence-electron chi connectivity index (χ4n) is 2.64. The Morgan fingerprint density at radius 3 is 2.33 bits per heavy atom. The SMILES string of the molecule is CCC(CC)(CC)CNC(=O)CC1CCCN1.Cl. The number of halogens is 1. The van der Waals surface area contributed by atoms with Gasteiger partial charge in [0, 0.05) is 19.0 Å². The molecule has 3 nitrogen and oxygen atoms in total. The average Bonchev–Trinajstić information content (AvgIpc) is 2.84. The molecule has 0 radical (unpaired) electrons. The maximum atomic E-state index is 11.8. The largest absolute Gasteiger partial charge is 0.355 e. The van der Waals surface area contributed by atoms with Crippen molar-refractivity contribution in [3.8, 4) is 0 Å². The molecular weight excluding hydrogens is 248 g/mol. The van der Waals surface area contributed by atoms with Crippen LogP contribution in [-0.4, -0.2) is 25.0 Å². The van der Waals surface area contributed by atoms with Crippen molar-refractivity contribution in [2.24, 2.45) is 5.41 Å². The Bertz CT molecular complexity index is 228. The molecule has 0 saturated carbocycles. The molecule has 1 fully saturated rings. The Morgan fingerprint density at radius 2 is 1.89 bits per heavy atom. The Morgan fingerprint density at radius 1 is 1.28 bits per heavy atom. The van der Waals surface area contributed by atoms with E-state index in [2.05, 4.69) is 31.4 Å². The van der Waals surface area contributed by atoms with Gasteiger partial charge in [-0.1, -0.05) is 20.8 Å². The van der Waals surface area contributed by atoms with Crippen molar-refractivity contribution in [3.63, 3.8) is 0 Å². The van der Waals surface area contributed by atoms with Crippen molar-refractivity contribution in [1.82, 2.24) is 10.6 Å². The standard InChI is InChI=1S/C14H28N2O.ClH/c1-4-14(5-2,6-3)11-16-13(17)10-12-8-7-9-15-12;/h12,15H,4-11H2,1-3H3,(H,16,17);1H. The molecule has 0 spiro atoms. The minimum Gasteiger partial charge on any atom is -0.355 e. The van der Waals surface area contributed by atoms with Gasteiger partial charge in [0.1, 0.15) is 0 Å². The first-order valence-electron chi connectivity index (χ1n) is 7.16. The first-order valence-corrected chi connectivity index (χ1v) is 7.16. The van der Waals surface area contributed by atoms with Crippen LogP contribution in [0, 0.1) is 5.41 Å². The quantitative estimate of drug-likeness (QED) is 0.751. The number of amides is 1. The maximum Gasteiger partial charge on any atom is 0.221 e. The van der Waals surface area contributed by atoms with E-state index < -0.39 is 0 Å². The first kappa shape index (κ1) is 17.7. The van der Waals surface area contributed by atoms with E-state index in [0.717, 1.165) is 38.8 Å². The molecule has 108 valence electrons. The predicted octanol–water partition coefficient (Wildman–Crippen LogP) is 2.88. The third kappa shape index (κ3) is 5.15. The van der Waals surface area contributed by atoms with Crippen molar-refractivity contribution in [1.29, 1.82) is 0 Å². The number of hydrogen-bond donors (Lipinski definition) is 2. The first-order chi connectivity index (χ1) is 8.15. The molecule has 1 rings (SSSR count). The van der Waals surface area contributed by atoms with Crippen LogP contribution in [0.1, 0.15) is 59.3 Å². The van der Waals surface area contributed by atoms with Crippen LogP contribution in [0.5, 0.6) is 0 Å². The molecular formula is C14H29ClN2O. The van der Waals surface area contributed by atoms with Gasteiger partial charge in [0.25, 0.3) is 0 Å². The summed E-state index contributed by atoms with van der Waals surface area (Å²) < 4.78 is 0. The minimum absolute atomic E-state index is 0. The summed E-state index contributed by atoms with van der Waals surface area (Å²) in [5.41, 5.74) is 0.304. The van der Waals surface area contributed by atoms with E-state index in [9.17, 15) is 4.79 Å². The minimum atomic E-state index is 0. The molecule has 0 aromatic heterocycles. The summed E-state index contributed by atoms with van der Waals surface area (Å²) in [7, 11) is 0. The predicted molar refractivity (Wildman–Crippen MR) is 79.2 cm³/mol. The van der Waals surface area contributed by atoms with E-state index in [4.69, 9.17) is 0 Å². The highest BCUT2D eigenvalue weighted by molar-refractivity contribution is 5.85. The van der Waals surface area contributed by atoms with Crippen LogP contribution in [0.2, 0.25) is 0 Å². The second-order valence-corrected chi connectivity index (χ2v) is 5.33. The molecule has 0 bridgehead atoms. The molecule has 1 aliphatic rings. The van der Waals surface area contributed by atoms with Gasteiger partial charge in [-0.3, -0.25) is 4.79 Å². The van der Waals surface area contributed by atoms with Crippen molar-refractivity contribution < 1.29 is 4.79 Å². The molecule has 1 saturated heterocycles. The Labute approximate surface area is 118 Å². The topological polar surface area (TPSA) is 41.1 Å². The van der Waals surface area contributed by atoms with E-state index >= 15 is 0 Å². The summed E-state index contributed by atoms with van der Waals surface area (Å²) in [6.45, 7) is 8.57. The van der Waals surface area contributed by atoms with Crippen LogP contribution >= 0.6 is 12.4 Å². The van der Waals surface area contributed by atoms with E-state index in [1.54, 1.807) is 0 Å². The number of rotatable bonds is 7. The highest BCUT2D eigenvalue weighted by Crippen LogP contribution is 2.29. The normalized spacial score (nSPS) is 19.4. The zero-order chi connectivity index (χ0) is 12.7. The molecule has 0 aromatic carbocycles. The zero-order valence-corrected chi connectivity index (χ0v) is 12.9. The molecule has 4 heteroatoms. The lowest BCUT2D eigenvalue weighted by Gasteiger charge is -2.30. The van der Waals surface area contributed by atoms with Crippen molar-refractivity contribution in [2.75, 3.05) is 13.1 Å². The summed E-state index contributed by atoms with van der Waals surface area (Å²) in [6, 6.07) is 0.411. The smallest absolute Gasteiger partial charge is 0.221 e. The van der Waals surface area contributed by atoms with E-state index in [0.29, 0.717) is 17.9 Å². The molecule has 1 amide bonds. The third-order valence-electron chi connectivity index (χ3n) is 4.50. The monoisotopic (exact) mass is 276 g/mol. The molecule has 0 aliphatic carbocycles. The molecule has 1 unspecified atom stereocenters. The summed E-state index contributed by atoms with van der Waals surface area (Å²) >= 11 is 0. The van der Waals surface area contributed by atoms with Crippen molar-refractivity contribution in [2.45, 2.75) is 65.3 Å². The summed E-state index contributed by atoms with van der Waals surface area (Å²) in [5.74, 6) is 0.212. The Hall–Kier alpha value is -0.280. The van der Waals surface area contributed by atoms with Crippen LogP contribution in [0.3, 0.4) is 0 Å². The fourth-order valence-corrected chi connectivity index (χ4v) is 2.64. The van der Waals surface area contributed by atoms with Gasteiger partial charge in [-0.05, 0) is 44.1 Å². The number of nitrogens with one attached hydrogen (secondary N) is 2. The molecule has 1 atom stereocenters. The zero-order valence-electron chi connectivity index (χ0n) is 12.1. The van der Waals surface area contributed by atoms with Gasteiger partial charge in [-0.2, -0.15) is 0 Å². The highest BCUT2D eigenvalue weighted by Gasteiger charge is 2.25. The molecule has 2 N–H and O–H groups in total. The van der Waals surface area contributed by atoms with Gasteiger partial charge in [-0.25, -0.2) is 0 Å². The van der Waals surface area contributed by atoms with E-state index in [-0.39, 0.29) is 18.3 Å². The second kappa shape index (κ2) is 8.76. The number of carbonyl (C=O) groups is 1.